The Kier molecular flexibility index (Phi) is 10.8. The van der Waals surface area contributed by atoms with Crippen LogP contribution in [-0.4, -0.2) is 82.9 Å². The predicted molar refractivity (Wildman–Crippen MR) is 203 cm³/mol. The summed E-state index contributed by atoms with van der Waals surface area (Å²) in [6.07, 6.45) is 11.5. The summed E-state index contributed by atoms with van der Waals surface area (Å²) in [5, 5.41) is 12.1. The molecule has 0 bridgehead atoms. The van der Waals surface area contributed by atoms with Crippen molar-refractivity contribution in [1.29, 1.82) is 0 Å². The largest absolute Gasteiger partial charge is 0.374 e. The van der Waals surface area contributed by atoms with Gasteiger partial charge in [-0.15, -0.1) is 0 Å². The average Bonchev–Trinajstić information content (AvgIpc) is 4.04. The number of benzene rings is 2. The third-order valence-corrected chi connectivity index (χ3v) is 12.1. The van der Waals surface area contributed by atoms with Crippen molar-refractivity contribution in [3.63, 3.8) is 0 Å². The number of carbonyl (C=O) groups is 3. The van der Waals surface area contributed by atoms with E-state index < -0.39 is 11.9 Å². The molecule has 0 radical (unpaired) electrons. The molecule has 0 spiro atoms. The normalized spacial score (nSPS) is 26.6. The number of hydrogen-bond acceptors (Lipinski definition) is 9. The van der Waals surface area contributed by atoms with E-state index in [1.165, 1.54) is 30.7 Å². The van der Waals surface area contributed by atoms with E-state index in [0.717, 1.165) is 83.1 Å². The number of nitrogens with one attached hydrogen (secondary N) is 4. The third-order valence-electron chi connectivity index (χ3n) is 12.1. The highest BCUT2D eigenvalue weighted by atomic mass is 19.1. The minimum atomic E-state index is -0.552. The van der Waals surface area contributed by atoms with E-state index in [0.29, 0.717) is 41.4 Å². The first-order chi connectivity index (χ1) is 26.3. The maximum absolute atomic E-state index is 15.2. The molecule has 1 unspecified atom stereocenters. The number of amides is 3. The van der Waals surface area contributed by atoms with Crippen molar-refractivity contribution in [3.05, 3.63) is 65.9 Å². The fourth-order valence-corrected chi connectivity index (χ4v) is 8.80. The Labute approximate surface area is 315 Å². The van der Waals surface area contributed by atoms with E-state index >= 15 is 4.39 Å². The highest BCUT2D eigenvalue weighted by Gasteiger charge is 2.33. The molecule has 54 heavy (non-hydrogen) atoms. The van der Waals surface area contributed by atoms with Gasteiger partial charge in [-0.1, -0.05) is 18.2 Å². The third kappa shape index (κ3) is 8.51. The molecule has 286 valence electrons. The van der Waals surface area contributed by atoms with E-state index in [-0.39, 0.29) is 48.0 Å². The number of halogens is 2. The molecule has 3 heterocycles. The lowest BCUT2D eigenvalue weighted by molar-refractivity contribution is -0.133. The Bertz CT molecular complexity index is 1850. The molecule has 3 amide bonds. The first-order valence-corrected chi connectivity index (χ1v) is 19.8. The minimum absolute atomic E-state index is 0.00798. The standard InChI is InChI=1S/C41H50F2N8O3/c42-33-23-31(45-35-15-17-37(52)48-40(35)54)12-16-36(33)51-20-18-50(19-21-51)32-13-10-29(11-14-32)46-39(53)26-6-8-30(9-7-26)47-41-44-24-34(43)38(49-41)28-3-1-2-27(22-28)25-4-5-25/h1-3,12,16,22-26,29-30,32,35,45H,4-11,13-15,17-21H2,(H,46,53)(H,44,47,49)(H,48,52,54)/t26-,29?,30-,32?,35?. The molecule has 3 saturated carbocycles. The van der Waals surface area contributed by atoms with Crippen molar-refractivity contribution >= 4 is 35.0 Å². The van der Waals surface area contributed by atoms with Crippen LogP contribution in [0.3, 0.4) is 0 Å². The molecule has 1 aromatic heterocycles. The first-order valence-electron chi connectivity index (χ1n) is 19.8. The van der Waals surface area contributed by atoms with E-state index in [4.69, 9.17) is 0 Å². The van der Waals surface area contributed by atoms with Crippen molar-refractivity contribution in [1.82, 2.24) is 25.5 Å². The zero-order valence-corrected chi connectivity index (χ0v) is 30.7. The molecule has 2 aliphatic heterocycles. The predicted octanol–water partition coefficient (Wildman–Crippen LogP) is 5.74. The molecular weight excluding hydrogens is 690 g/mol. The maximum atomic E-state index is 15.2. The Morgan fingerprint density at radius 1 is 0.796 bits per heavy atom. The highest BCUT2D eigenvalue weighted by Crippen LogP contribution is 2.41. The Hall–Kier alpha value is -4.65. The quantitative estimate of drug-likeness (QED) is 0.193. The summed E-state index contributed by atoms with van der Waals surface area (Å²) < 4.78 is 30.0. The maximum Gasteiger partial charge on any atom is 0.249 e. The summed E-state index contributed by atoms with van der Waals surface area (Å²) in [5.41, 5.74) is 3.42. The van der Waals surface area contributed by atoms with Crippen molar-refractivity contribution in [2.45, 2.75) is 107 Å². The molecule has 5 fully saturated rings. The summed E-state index contributed by atoms with van der Waals surface area (Å²) in [5.74, 6) is -0.264. The highest BCUT2D eigenvalue weighted by molar-refractivity contribution is 6.01. The Morgan fingerprint density at radius 2 is 1.56 bits per heavy atom. The fraction of sp³-hybridized carbons (Fsp3) is 0.537. The molecule has 11 nitrogen and oxygen atoms in total. The van der Waals surface area contributed by atoms with Crippen LogP contribution in [0.2, 0.25) is 0 Å². The zero-order chi connectivity index (χ0) is 37.2. The summed E-state index contributed by atoms with van der Waals surface area (Å²) in [6, 6.07) is 13.2. The second kappa shape index (κ2) is 16.0. The topological polar surface area (TPSA) is 132 Å². The van der Waals surface area contributed by atoms with Crippen molar-refractivity contribution in [2.24, 2.45) is 5.92 Å². The monoisotopic (exact) mass is 740 g/mol. The van der Waals surface area contributed by atoms with Gasteiger partial charge in [0.2, 0.25) is 23.7 Å². The second-order valence-corrected chi connectivity index (χ2v) is 15.8. The lowest BCUT2D eigenvalue weighted by Gasteiger charge is -2.43. The van der Waals surface area contributed by atoms with Gasteiger partial charge in [-0.3, -0.25) is 24.6 Å². The molecule has 1 atom stereocenters. The van der Waals surface area contributed by atoms with Gasteiger partial charge in [-0.2, -0.15) is 0 Å². The van der Waals surface area contributed by atoms with E-state index in [2.05, 4.69) is 47.1 Å². The fourth-order valence-electron chi connectivity index (χ4n) is 8.80. The van der Waals surface area contributed by atoms with Gasteiger partial charge >= 0.3 is 0 Å². The number of rotatable bonds is 10. The Morgan fingerprint density at radius 3 is 2.28 bits per heavy atom. The van der Waals surface area contributed by atoms with Crippen LogP contribution in [0.5, 0.6) is 0 Å². The molecule has 4 N–H and O–H groups in total. The van der Waals surface area contributed by atoms with Gasteiger partial charge in [-0.25, -0.2) is 18.7 Å². The van der Waals surface area contributed by atoms with E-state index in [1.54, 1.807) is 12.1 Å². The molecule has 8 rings (SSSR count). The Balaban J connectivity index is 0.748. The van der Waals surface area contributed by atoms with Crippen LogP contribution in [0.25, 0.3) is 11.3 Å². The van der Waals surface area contributed by atoms with Gasteiger partial charge < -0.3 is 20.9 Å². The number of nitrogens with zero attached hydrogens (tertiary/aromatic N) is 4. The van der Waals surface area contributed by atoms with Crippen LogP contribution in [0.4, 0.5) is 26.1 Å². The average molecular weight is 741 g/mol. The molecule has 3 aromatic rings. The molecular formula is C41H50F2N8O3. The number of piperidine rings is 1. The summed E-state index contributed by atoms with van der Waals surface area (Å²) in [4.78, 5) is 50.2. The summed E-state index contributed by atoms with van der Waals surface area (Å²) in [6.45, 7) is 3.17. The summed E-state index contributed by atoms with van der Waals surface area (Å²) >= 11 is 0. The number of carbonyl (C=O) groups excluding carboxylic acids is 3. The van der Waals surface area contributed by atoms with Crippen molar-refractivity contribution in [3.8, 4) is 11.3 Å². The van der Waals surface area contributed by atoms with Crippen molar-refractivity contribution in [2.75, 3.05) is 41.7 Å². The van der Waals surface area contributed by atoms with Gasteiger partial charge in [0.1, 0.15) is 17.6 Å². The molecule has 2 saturated heterocycles. The van der Waals surface area contributed by atoms with Gasteiger partial charge in [0.05, 0.1) is 11.9 Å². The zero-order valence-electron chi connectivity index (χ0n) is 30.7. The van der Waals surface area contributed by atoms with Crippen molar-refractivity contribution < 1.29 is 23.2 Å². The lowest BCUT2D eigenvalue weighted by Crippen LogP contribution is -2.52. The molecule has 5 aliphatic rings. The first kappa shape index (κ1) is 36.3. The van der Waals surface area contributed by atoms with Crippen LogP contribution >= 0.6 is 0 Å². The summed E-state index contributed by atoms with van der Waals surface area (Å²) in [7, 11) is 0. The number of piperazine rings is 1. The van der Waals surface area contributed by atoms with Crippen LogP contribution in [0.15, 0.2) is 48.7 Å². The lowest BCUT2D eigenvalue weighted by atomic mass is 9.84. The van der Waals surface area contributed by atoms with Gasteiger partial charge in [0, 0.05) is 67.9 Å². The van der Waals surface area contributed by atoms with Crippen LogP contribution in [0, 0.1) is 17.6 Å². The number of anilines is 3. The minimum Gasteiger partial charge on any atom is -0.374 e. The smallest absolute Gasteiger partial charge is 0.249 e. The number of imide groups is 1. The van der Waals surface area contributed by atoms with E-state index in [1.807, 2.05) is 18.2 Å². The van der Waals surface area contributed by atoms with Crippen LogP contribution in [0.1, 0.15) is 88.5 Å². The number of aromatic nitrogens is 2. The van der Waals surface area contributed by atoms with Gasteiger partial charge in [0.15, 0.2) is 5.82 Å². The van der Waals surface area contributed by atoms with Gasteiger partial charge in [0.25, 0.3) is 0 Å². The molecule has 2 aromatic carbocycles. The van der Waals surface area contributed by atoms with Crippen LogP contribution < -0.4 is 26.2 Å². The molecule has 3 aliphatic carbocycles. The van der Waals surface area contributed by atoms with E-state index in [9.17, 15) is 18.8 Å². The second-order valence-electron chi connectivity index (χ2n) is 15.8. The SMILES string of the molecule is O=C1CCC(Nc2ccc(N3CCN(C4CCC(NC(=O)[C@H]5CC[C@H](Nc6ncc(F)c(-c7cccc(C8CC8)c7)n6)CC5)CC4)CC3)c(F)c2)C(=O)N1. The number of hydrogen-bond donors (Lipinski definition) is 4. The van der Waals surface area contributed by atoms with Crippen LogP contribution in [-0.2, 0) is 14.4 Å². The molecule has 13 heteroatoms. The van der Waals surface area contributed by atoms with Gasteiger partial charge in [-0.05, 0) is 106 Å².